The number of piperazine rings is 1. The number of aromatic nitrogens is 2. The maximum absolute atomic E-state index is 14.2. The fraction of sp³-hybridized carbons (Fsp3) is 0.462. The van der Waals surface area contributed by atoms with Gasteiger partial charge in [0.2, 0.25) is 17.8 Å². The van der Waals surface area contributed by atoms with Gasteiger partial charge in [-0.3, -0.25) is 14.6 Å². The Morgan fingerprint density at radius 2 is 1.95 bits per heavy atom. The Morgan fingerprint density at radius 3 is 2.65 bits per heavy atom. The maximum atomic E-state index is 14.2. The predicted octanol–water partition coefficient (Wildman–Crippen LogP) is 2.46. The van der Waals surface area contributed by atoms with Crippen LogP contribution in [0.5, 0.6) is 0 Å². The van der Waals surface area contributed by atoms with Gasteiger partial charge in [-0.1, -0.05) is 30.8 Å². The lowest BCUT2D eigenvalue weighted by Crippen LogP contribution is -2.47. The fourth-order valence-corrected chi connectivity index (χ4v) is 4.46. The first-order valence-corrected chi connectivity index (χ1v) is 12.4. The molecule has 0 saturated carbocycles. The third-order valence-corrected chi connectivity index (χ3v) is 6.53. The quantitative estimate of drug-likeness (QED) is 0.362. The summed E-state index contributed by atoms with van der Waals surface area (Å²) in [6.07, 6.45) is 2.06. The molecule has 1 aromatic heterocycles. The SMILES string of the molecule is C=CC(=O)N1CCN(Cc2ccc(CCNc3nc(F)cc(N4C(=O)OC[C@H]4CCOC)n3)cc2)CC1. The van der Waals surface area contributed by atoms with Crippen LogP contribution >= 0.6 is 0 Å². The molecule has 0 unspecified atom stereocenters. The summed E-state index contributed by atoms with van der Waals surface area (Å²) in [7, 11) is 1.58. The summed E-state index contributed by atoms with van der Waals surface area (Å²) >= 11 is 0. The van der Waals surface area contributed by atoms with Crippen LogP contribution in [0.1, 0.15) is 17.5 Å². The van der Waals surface area contributed by atoms with Gasteiger partial charge in [-0.15, -0.1) is 0 Å². The van der Waals surface area contributed by atoms with E-state index in [1.165, 1.54) is 16.5 Å². The standard InChI is InChI=1S/C26H33FN6O4/c1-3-24(34)32-13-11-31(12-14-32)17-20-6-4-19(5-7-20)8-10-28-25-29-22(27)16-23(30-25)33-21(9-15-36-2)18-37-26(33)35/h3-7,16,21H,1,8-15,17-18H2,2H3,(H,28,29,30)/t21-/m1/s1. The van der Waals surface area contributed by atoms with Gasteiger partial charge in [-0.2, -0.15) is 14.4 Å². The number of cyclic esters (lactones) is 1. The van der Waals surface area contributed by atoms with E-state index in [4.69, 9.17) is 9.47 Å². The van der Waals surface area contributed by atoms with Gasteiger partial charge in [-0.05, 0) is 30.0 Å². The van der Waals surface area contributed by atoms with Crippen molar-refractivity contribution in [1.29, 1.82) is 0 Å². The third kappa shape index (κ3) is 7.01. The Hall–Kier alpha value is -3.57. The lowest BCUT2D eigenvalue weighted by Gasteiger charge is -2.34. The molecule has 1 N–H and O–H groups in total. The molecule has 2 aliphatic rings. The number of anilines is 2. The van der Waals surface area contributed by atoms with Gasteiger partial charge in [0.25, 0.3) is 0 Å². The lowest BCUT2D eigenvalue weighted by atomic mass is 10.1. The summed E-state index contributed by atoms with van der Waals surface area (Å²) in [5.74, 6) is -0.456. The van der Waals surface area contributed by atoms with Crippen LogP contribution in [0.15, 0.2) is 43.0 Å². The lowest BCUT2D eigenvalue weighted by molar-refractivity contribution is -0.127. The van der Waals surface area contributed by atoms with Gasteiger partial charge in [0, 0.05) is 59.1 Å². The van der Waals surface area contributed by atoms with Crippen molar-refractivity contribution in [1.82, 2.24) is 19.8 Å². The van der Waals surface area contributed by atoms with E-state index >= 15 is 0 Å². The normalized spacial score (nSPS) is 18.1. The van der Waals surface area contributed by atoms with Crippen LogP contribution in [0.3, 0.4) is 0 Å². The Balaban J connectivity index is 1.27. The molecular formula is C26H33FN6O4. The molecule has 1 aromatic carbocycles. The number of amides is 2. The number of hydrogen-bond acceptors (Lipinski definition) is 8. The number of methoxy groups -OCH3 is 1. The molecule has 1 atom stereocenters. The Kier molecular flexibility index (Phi) is 9.02. The average Bonchev–Trinajstić information content (AvgIpc) is 3.28. The molecule has 0 spiro atoms. The predicted molar refractivity (Wildman–Crippen MR) is 137 cm³/mol. The van der Waals surface area contributed by atoms with Crippen LogP contribution in [0.2, 0.25) is 0 Å². The second-order valence-corrected chi connectivity index (χ2v) is 9.05. The molecule has 2 amide bonds. The van der Waals surface area contributed by atoms with E-state index in [-0.39, 0.29) is 30.3 Å². The highest BCUT2D eigenvalue weighted by Crippen LogP contribution is 2.24. The monoisotopic (exact) mass is 512 g/mol. The minimum absolute atomic E-state index is 0.0118. The van der Waals surface area contributed by atoms with Crippen LogP contribution < -0.4 is 10.2 Å². The van der Waals surface area contributed by atoms with Crippen molar-refractivity contribution in [2.45, 2.75) is 25.4 Å². The summed E-state index contributed by atoms with van der Waals surface area (Å²) in [6.45, 7) is 8.64. The minimum atomic E-state index is -0.725. The molecule has 198 valence electrons. The maximum Gasteiger partial charge on any atom is 0.415 e. The third-order valence-electron chi connectivity index (χ3n) is 6.53. The number of carbonyl (C=O) groups is 2. The number of hydrogen-bond donors (Lipinski definition) is 1. The largest absolute Gasteiger partial charge is 0.447 e. The van der Waals surface area contributed by atoms with E-state index in [0.717, 1.165) is 31.3 Å². The van der Waals surface area contributed by atoms with Gasteiger partial charge >= 0.3 is 6.09 Å². The van der Waals surface area contributed by atoms with Crippen LogP contribution in [0.25, 0.3) is 0 Å². The number of benzene rings is 1. The number of rotatable bonds is 11. The molecule has 2 aromatic rings. The first-order valence-electron chi connectivity index (χ1n) is 12.4. The number of carbonyl (C=O) groups excluding carboxylic acids is 2. The average molecular weight is 513 g/mol. The van der Waals surface area contributed by atoms with E-state index in [9.17, 15) is 14.0 Å². The molecular weight excluding hydrogens is 479 g/mol. The van der Waals surface area contributed by atoms with Gasteiger partial charge in [0.1, 0.15) is 12.4 Å². The van der Waals surface area contributed by atoms with E-state index in [0.29, 0.717) is 39.1 Å². The van der Waals surface area contributed by atoms with E-state index in [1.54, 1.807) is 7.11 Å². The molecule has 0 aliphatic carbocycles. The highest BCUT2D eigenvalue weighted by molar-refractivity contribution is 5.89. The summed E-state index contributed by atoms with van der Waals surface area (Å²) in [4.78, 5) is 37.6. The number of halogens is 1. The zero-order valence-corrected chi connectivity index (χ0v) is 21.1. The summed E-state index contributed by atoms with van der Waals surface area (Å²) in [5.41, 5.74) is 2.33. The second kappa shape index (κ2) is 12.6. The highest BCUT2D eigenvalue weighted by Gasteiger charge is 2.35. The molecule has 11 heteroatoms. The Labute approximate surface area is 216 Å². The van der Waals surface area contributed by atoms with Gasteiger partial charge < -0.3 is 19.7 Å². The number of ether oxygens (including phenoxy) is 2. The second-order valence-electron chi connectivity index (χ2n) is 9.05. The number of nitrogens with one attached hydrogen (secondary N) is 1. The van der Waals surface area contributed by atoms with Gasteiger partial charge in [0.05, 0.1) is 6.04 Å². The summed E-state index contributed by atoms with van der Waals surface area (Å²) in [5, 5.41) is 3.06. The molecule has 2 aliphatic heterocycles. The topological polar surface area (TPSA) is 100 Å². The fourth-order valence-electron chi connectivity index (χ4n) is 4.46. The molecule has 3 heterocycles. The molecule has 4 rings (SSSR count). The van der Waals surface area contributed by atoms with Crippen molar-refractivity contribution >= 4 is 23.8 Å². The van der Waals surface area contributed by atoms with Crippen molar-refractivity contribution in [2.75, 3.05) is 63.3 Å². The molecule has 0 bridgehead atoms. The highest BCUT2D eigenvalue weighted by atomic mass is 19.1. The zero-order chi connectivity index (χ0) is 26.2. The minimum Gasteiger partial charge on any atom is -0.447 e. The van der Waals surface area contributed by atoms with E-state index in [1.807, 2.05) is 4.90 Å². The van der Waals surface area contributed by atoms with Crippen molar-refractivity contribution in [3.63, 3.8) is 0 Å². The van der Waals surface area contributed by atoms with Crippen molar-refractivity contribution in [3.05, 3.63) is 60.1 Å². The van der Waals surface area contributed by atoms with Crippen LogP contribution in [0, 0.1) is 5.95 Å². The Morgan fingerprint density at radius 1 is 1.22 bits per heavy atom. The van der Waals surface area contributed by atoms with E-state index < -0.39 is 12.0 Å². The zero-order valence-electron chi connectivity index (χ0n) is 21.1. The van der Waals surface area contributed by atoms with Gasteiger partial charge in [0.15, 0.2) is 0 Å². The molecule has 0 radical (unpaired) electrons. The van der Waals surface area contributed by atoms with Gasteiger partial charge in [-0.25, -0.2) is 4.79 Å². The van der Waals surface area contributed by atoms with Crippen LogP contribution in [0.4, 0.5) is 21.0 Å². The van der Waals surface area contributed by atoms with Crippen molar-refractivity contribution < 1.29 is 23.5 Å². The summed E-state index contributed by atoms with van der Waals surface area (Å²) < 4.78 is 24.5. The Bertz CT molecular complexity index is 1090. The summed E-state index contributed by atoms with van der Waals surface area (Å²) in [6, 6.07) is 9.22. The smallest absolute Gasteiger partial charge is 0.415 e. The first-order chi connectivity index (χ1) is 18.0. The van der Waals surface area contributed by atoms with E-state index in [2.05, 4.69) is 51.0 Å². The van der Waals surface area contributed by atoms with Crippen LogP contribution in [-0.2, 0) is 27.2 Å². The van der Waals surface area contributed by atoms with Crippen molar-refractivity contribution in [3.8, 4) is 0 Å². The number of nitrogens with zero attached hydrogens (tertiary/aromatic N) is 5. The van der Waals surface area contributed by atoms with Crippen molar-refractivity contribution in [2.24, 2.45) is 0 Å². The molecule has 2 fully saturated rings. The molecule has 2 saturated heterocycles. The molecule has 10 nitrogen and oxygen atoms in total. The van der Waals surface area contributed by atoms with Crippen LogP contribution in [-0.4, -0.2) is 90.9 Å². The first kappa shape index (κ1) is 26.5. The molecule has 37 heavy (non-hydrogen) atoms.